The molecular weight excluding hydrogens is 248 g/mol. The van der Waals surface area contributed by atoms with Crippen LogP contribution < -0.4 is 0 Å². The molecule has 0 atom stereocenters. The molecule has 0 aliphatic heterocycles. The molecule has 0 radical (unpaired) electrons. The Hall–Kier alpha value is -1.86. The number of rotatable bonds is 4. The minimum absolute atomic E-state index is 0.0722. The largest absolute Gasteiger partial charge is 0.298 e. The van der Waals surface area contributed by atoms with Crippen molar-refractivity contribution in [1.29, 1.82) is 0 Å². The van der Waals surface area contributed by atoms with Crippen LogP contribution in [0.2, 0.25) is 0 Å². The average Bonchev–Trinajstić information content (AvgIpc) is 2.37. The highest BCUT2D eigenvalue weighted by Crippen LogP contribution is 2.07. The topological polar surface area (TPSA) is 51.2 Å². The first-order valence-electron chi connectivity index (χ1n) is 5.33. The van der Waals surface area contributed by atoms with Crippen LogP contribution in [-0.4, -0.2) is 23.4 Å². The lowest BCUT2D eigenvalue weighted by molar-refractivity contribution is -0.109. The summed E-state index contributed by atoms with van der Waals surface area (Å²) in [6.07, 6.45) is 1.96. The molecule has 18 heavy (non-hydrogen) atoms. The molecular formula is C14H12O3S. The molecule has 0 unspecified atom stereocenters. The Bertz CT molecular complexity index is 497. The lowest BCUT2D eigenvalue weighted by atomic mass is 10.1. The summed E-state index contributed by atoms with van der Waals surface area (Å²) in [6, 6.07) is 4.77. The third-order valence-electron chi connectivity index (χ3n) is 2.01. The van der Waals surface area contributed by atoms with Gasteiger partial charge in [0.05, 0.1) is 0 Å². The molecule has 0 heterocycles. The Labute approximate surface area is 110 Å². The van der Waals surface area contributed by atoms with Crippen LogP contribution in [0.1, 0.15) is 39.6 Å². The van der Waals surface area contributed by atoms with E-state index >= 15 is 0 Å². The molecule has 92 valence electrons. The van der Waals surface area contributed by atoms with Gasteiger partial charge in [0.15, 0.2) is 5.12 Å². The summed E-state index contributed by atoms with van der Waals surface area (Å²) in [5.41, 5.74) is 1.50. The minimum Gasteiger partial charge on any atom is -0.298 e. The summed E-state index contributed by atoms with van der Waals surface area (Å²) in [5.74, 6) is 6.43. The highest BCUT2D eigenvalue weighted by molar-refractivity contribution is 8.13. The normalized spacial score (nSPS) is 9.17. The average molecular weight is 260 g/mol. The van der Waals surface area contributed by atoms with Gasteiger partial charge in [-0.25, -0.2) is 0 Å². The third kappa shape index (κ3) is 4.98. The van der Waals surface area contributed by atoms with Gasteiger partial charge in [-0.1, -0.05) is 23.6 Å². The van der Waals surface area contributed by atoms with E-state index < -0.39 is 0 Å². The molecule has 3 nitrogen and oxygen atoms in total. The van der Waals surface area contributed by atoms with Crippen molar-refractivity contribution >= 4 is 29.4 Å². The van der Waals surface area contributed by atoms with Crippen molar-refractivity contribution in [2.45, 2.75) is 13.3 Å². The van der Waals surface area contributed by atoms with Crippen LogP contribution in [0.15, 0.2) is 18.2 Å². The summed E-state index contributed by atoms with van der Waals surface area (Å²) >= 11 is 1.23. The summed E-state index contributed by atoms with van der Waals surface area (Å²) in [5, 5.41) is 0.0722. The van der Waals surface area contributed by atoms with E-state index in [1.165, 1.54) is 24.8 Å². The van der Waals surface area contributed by atoms with Crippen LogP contribution in [0.25, 0.3) is 0 Å². The molecule has 1 rings (SSSR count). The monoisotopic (exact) mass is 260 g/mol. The van der Waals surface area contributed by atoms with Crippen LogP contribution in [0.4, 0.5) is 0 Å². The lowest BCUT2D eigenvalue weighted by Gasteiger charge is -1.96. The van der Waals surface area contributed by atoms with E-state index in [1.807, 2.05) is 0 Å². The first kappa shape index (κ1) is 14.2. The van der Waals surface area contributed by atoms with Crippen molar-refractivity contribution in [3.63, 3.8) is 0 Å². The van der Waals surface area contributed by atoms with Gasteiger partial charge in [-0.3, -0.25) is 14.4 Å². The maximum Gasteiger partial charge on any atom is 0.185 e. The Morgan fingerprint density at radius 1 is 1.22 bits per heavy atom. The maximum atomic E-state index is 10.7. The summed E-state index contributed by atoms with van der Waals surface area (Å²) in [6.45, 7) is 1.52. The van der Waals surface area contributed by atoms with Crippen molar-refractivity contribution < 1.29 is 14.4 Å². The van der Waals surface area contributed by atoms with E-state index in [1.54, 1.807) is 12.1 Å². The number of thioether (sulfide) groups is 1. The van der Waals surface area contributed by atoms with Crippen molar-refractivity contribution in [2.75, 3.05) is 5.75 Å². The Morgan fingerprint density at radius 2 is 1.83 bits per heavy atom. The summed E-state index contributed by atoms with van der Waals surface area (Å²) < 4.78 is 0. The zero-order valence-electron chi connectivity index (χ0n) is 9.93. The second-order valence-corrected chi connectivity index (χ2v) is 4.79. The quantitative estimate of drug-likeness (QED) is 0.473. The van der Waals surface area contributed by atoms with Crippen LogP contribution in [0.3, 0.4) is 0 Å². The molecule has 0 fully saturated rings. The predicted molar refractivity (Wildman–Crippen MR) is 71.9 cm³/mol. The van der Waals surface area contributed by atoms with Gasteiger partial charge in [0, 0.05) is 35.8 Å². The van der Waals surface area contributed by atoms with E-state index in [-0.39, 0.29) is 5.12 Å². The van der Waals surface area contributed by atoms with Crippen molar-refractivity contribution in [2.24, 2.45) is 0 Å². The number of carbonyl (C=O) groups is 3. The zero-order chi connectivity index (χ0) is 13.4. The zero-order valence-corrected chi connectivity index (χ0v) is 10.8. The predicted octanol–water partition coefficient (Wildman–Crippen LogP) is 2.33. The smallest absolute Gasteiger partial charge is 0.185 e. The number of hydrogen-bond acceptors (Lipinski definition) is 4. The minimum atomic E-state index is 0.0722. The van der Waals surface area contributed by atoms with E-state index in [4.69, 9.17) is 0 Å². The fourth-order valence-electron chi connectivity index (χ4n) is 1.30. The number of hydrogen-bond donors (Lipinski definition) is 0. The first-order chi connectivity index (χ1) is 8.65. The second kappa shape index (κ2) is 7.46. The lowest BCUT2D eigenvalue weighted by Crippen LogP contribution is -1.88. The Balaban J connectivity index is 2.71. The first-order valence-corrected chi connectivity index (χ1v) is 6.32. The number of carbonyl (C=O) groups excluding carboxylic acids is 3. The standard InChI is InChI=1S/C14H12O3S/c1-11(17)18-5-3-2-4-12-6-13(9-15)8-14(7-12)10-16/h6-10H,3,5H2,1H3. The maximum absolute atomic E-state index is 10.7. The van der Waals surface area contributed by atoms with E-state index in [0.717, 1.165) is 0 Å². The van der Waals surface area contributed by atoms with Crippen LogP contribution in [-0.2, 0) is 4.79 Å². The van der Waals surface area contributed by atoms with Gasteiger partial charge in [-0.05, 0) is 18.2 Å². The van der Waals surface area contributed by atoms with Gasteiger partial charge in [0.1, 0.15) is 12.6 Å². The fourth-order valence-corrected chi connectivity index (χ4v) is 1.79. The number of aldehydes is 2. The molecule has 0 bridgehead atoms. The third-order valence-corrected chi connectivity index (χ3v) is 2.83. The molecule has 0 spiro atoms. The molecule has 0 N–H and O–H groups in total. The van der Waals surface area contributed by atoms with E-state index in [0.29, 0.717) is 41.4 Å². The summed E-state index contributed by atoms with van der Waals surface area (Å²) in [4.78, 5) is 32.0. The van der Waals surface area contributed by atoms with Gasteiger partial charge in [0.25, 0.3) is 0 Å². The van der Waals surface area contributed by atoms with E-state index in [9.17, 15) is 14.4 Å². The van der Waals surface area contributed by atoms with Crippen LogP contribution in [0, 0.1) is 11.8 Å². The summed E-state index contributed by atoms with van der Waals surface area (Å²) in [7, 11) is 0. The highest BCUT2D eigenvalue weighted by atomic mass is 32.2. The number of benzene rings is 1. The molecule has 0 aliphatic carbocycles. The molecule has 1 aromatic carbocycles. The van der Waals surface area contributed by atoms with Crippen LogP contribution >= 0.6 is 11.8 Å². The van der Waals surface area contributed by atoms with E-state index in [2.05, 4.69) is 11.8 Å². The molecule has 1 aromatic rings. The second-order valence-electron chi connectivity index (χ2n) is 3.52. The highest BCUT2D eigenvalue weighted by Gasteiger charge is 1.97. The van der Waals surface area contributed by atoms with Crippen molar-refractivity contribution in [1.82, 2.24) is 0 Å². The van der Waals surface area contributed by atoms with Crippen molar-refractivity contribution in [3.8, 4) is 11.8 Å². The van der Waals surface area contributed by atoms with Gasteiger partial charge < -0.3 is 0 Å². The molecule has 4 heteroatoms. The fraction of sp³-hybridized carbons (Fsp3) is 0.214. The Kier molecular flexibility index (Phi) is 5.89. The van der Waals surface area contributed by atoms with Gasteiger partial charge >= 0.3 is 0 Å². The van der Waals surface area contributed by atoms with Gasteiger partial charge in [-0.2, -0.15) is 0 Å². The van der Waals surface area contributed by atoms with Gasteiger partial charge in [-0.15, -0.1) is 0 Å². The molecule has 0 aliphatic rings. The SMILES string of the molecule is CC(=O)SCCC#Cc1cc(C=O)cc(C=O)c1. The molecule has 0 amide bonds. The molecule has 0 saturated heterocycles. The molecule has 0 aromatic heterocycles. The van der Waals surface area contributed by atoms with Gasteiger partial charge in [0.2, 0.25) is 0 Å². The molecule has 0 saturated carbocycles. The Morgan fingerprint density at radius 3 is 2.33 bits per heavy atom. The van der Waals surface area contributed by atoms with Crippen molar-refractivity contribution in [3.05, 3.63) is 34.9 Å². The van der Waals surface area contributed by atoms with Crippen LogP contribution in [0.5, 0.6) is 0 Å².